The monoisotopic (exact) mass is 378 g/mol. The summed E-state index contributed by atoms with van der Waals surface area (Å²) in [7, 11) is -4.04. The maximum atomic E-state index is 12.8. The molecule has 126 valence electrons. The second-order valence-electron chi connectivity index (χ2n) is 4.82. The van der Waals surface area contributed by atoms with E-state index >= 15 is 0 Å². The highest BCUT2D eigenvalue weighted by Crippen LogP contribution is 2.34. The van der Waals surface area contributed by atoms with Crippen LogP contribution in [0.5, 0.6) is 0 Å². The summed E-state index contributed by atoms with van der Waals surface area (Å²) in [5.41, 5.74) is 4.43. The Morgan fingerprint density at radius 2 is 1.95 bits per heavy atom. The molecule has 1 aromatic rings. The summed E-state index contributed by atoms with van der Waals surface area (Å²) in [6.07, 6.45) is -3.43. The van der Waals surface area contributed by atoms with Gasteiger partial charge in [-0.1, -0.05) is 11.6 Å². The van der Waals surface area contributed by atoms with Gasteiger partial charge in [-0.15, -0.1) is 12.4 Å². The number of rotatable bonds is 3. The van der Waals surface area contributed by atoms with Crippen molar-refractivity contribution in [1.29, 1.82) is 0 Å². The first-order chi connectivity index (χ1) is 9.66. The minimum atomic E-state index is -4.66. The number of nitrogens with two attached hydrogens (primary N) is 1. The van der Waals surface area contributed by atoms with Gasteiger partial charge in [0.1, 0.15) is 0 Å². The van der Waals surface area contributed by atoms with Crippen molar-refractivity contribution in [2.75, 3.05) is 13.1 Å². The molecule has 2 rings (SSSR count). The molecule has 0 amide bonds. The molecule has 1 aliphatic heterocycles. The summed E-state index contributed by atoms with van der Waals surface area (Å²) < 4.78 is 64.4. The lowest BCUT2D eigenvalue weighted by atomic mass is 10.2. The highest BCUT2D eigenvalue weighted by Gasteiger charge is 2.37. The van der Waals surface area contributed by atoms with Crippen molar-refractivity contribution < 1.29 is 21.6 Å². The quantitative estimate of drug-likeness (QED) is 0.879. The maximum absolute atomic E-state index is 12.8. The molecule has 1 aliphatic rings. The molecule has 0 aromatic heterocycles. The third-order valence-electron chi connectivity index (χ3n) is 3.40. The van der Waals surface area contributed by atoms with Crippen LogP contribution in [0.1, 0.15) is 18.4 Å². The van der Waals surface area contributed by atoms with E-state index in [4.69, 9.17) is 17.3 Å². The van der Waals surface area contributed by atoms with Crippen molar-refractivity contribution in [3.63, 3.8) is 0 Å². The van der Waals surface area contributed by atoms with Crippen LogP contribution >= 0.6 is 24.0 Å². The van der Waals surface area contributed by atoms with Crippen LogP contribution in [0.15, 0.2) is 23.1 Å². The maximum Gasteiger partial charge on any atom is 0.416 e. The smallest absolute Gasteiger partial charge is 0.329 e. The van der Waals surface area contributed by atoms with Crippen LogP contribution in [0.2, 0.25) is 5.02 Å². The number of hydrogen-bond acceptors (Lipinski definition) is 3. The second kappa shape index (κ2) is 6.92. The predicted octanol–water partition coefficient (Wildman–Crippen LogP) is 2.89. The molecule has 0 radical (unpaired) electrons. The van der Waals surface area contributed by atoms with Gasteiger partial charge in [-0.3, -0.25) is 0 Å². The SMILES string of the molecule is Cl.NCC1CCCN1S(=O)(=O)c1cc(Cl)cc(C(F)(F)F)c1. The molecule has 0 saturated carbocycles. The molecule has 1 atom stereocenters. The number of benzene rings is 1. The number of alkyl halides is 3. The summed E-state index contributed by atoms with van der Waals surface area (Å²) in [4.78, 5) is -0.456. The van der Waals surface area contributed by atoms with Gasteiger partial charge < -0.3 is 5.73 Å². The van der Waals surface area contributed by atoms with Crippen LogP contribution in [0, 0.1) is 0 Å². The van der Waals surface area contributed by atoms with Crippen molar-refractivity contribution in [2.45, 2.75) is 30.0 Å². The van der Waals surface area contributed by atoms with Crippen molar-refractivity contribution >= 4 is 34.0 Å². The van der Waals surface area contributed by atoms with Crippen LogP contribution in [0.25, 0.3) is 0 Å². The zero-order valence-corrected chi connectivity index (χ0v) is 13.7. The van der Waals surface area contributed by atoms with Gasteiger partial charge in [0.25, 0.3) is 0 Å². The van der Waals surface area contributed by atoms with Gasteiger partial charge in [-0.2, -0.15) is 17.5 Å². The fourth-order valence-electron chi connectivity index (χ4n) is 2.37. The summed E-state index contributed by atoms with van der Waals surface area (Å²) in [5, 5.41) is -0.271. The lowest BCUT2D eigenvalue weighted by molar-refractivity contribution is -0.137. The molecule has 0 bridgehead atoms. The Kier molecular flexibility index (Phi) is 6.14. The van der Waals surface area contributed by atoms with Gasteiger partial charge in [0.05, 0.1) is 10.5 Å². The number of nitrogens with zero attached hydrogens (tertiary/aromatic N) is 1. The molecule has 0 aliphatic carbocycles. The second-order valence-corrected chi connectivity index (χ2v) is 7.15. The Balaban J connectivity index is 0.00000242. The summed E-state index contributed by atoms with van der Waals surface area (Å²) in [5.74, 6) is 0. The van der Waals surface area contributed by atoms with E-state index in [1.165, 1.54) is 0 Å². The molecule has 4 nitrogen and oxygen atoms in total. The fourth-order valence-corrected chi connectivity index (χ4v) is 4.45. The predicted molar refractivity (Wildman–Crippen MR) is 79.7 cm³/mol. The summed E-state index contributed by atoms with van der Waals surface area (Å²) >= 11 is 5.63. The molecular formula is C12H15Cl2F3N2O2S. The molecule has 1 fully saturated rings. The van der Waals surface area contributed by atoms with E-state index in [-0.39, 0.29) is 36.6 Å². The van der Waals surface area contributed by atoms with Crippen LogP contribution in [0.4, 0.5) is 13.2 Å². The van der Waals surface area contributed by atoms with Crippen molar-refractivity contribution in [1.82, 2.24) is 4.31 Å². The zero-order valence-electron chi connectivity index (χ0n) is 11.3. The van der Waals surface area contributed by atoms with Gasteiger partial charge in [-0.25, -0.2) is 8.42 Å². The van der Waals surface area contributed by atoms with Crippen molar-refractivity contribution in [3.05, 3.63) is 28.8 Å². The van der Waals surface area contributed by atoms with Gasteiger partial charge in [0.15, 0.2) is 0 Å². The normalized spacial score (nSPS) is 20.0. The van der Waals surface area contributed by atoms with Crippen LogP contribution in [0.3, 0.4) is 0 Å². The Hall–Kier alpha value is -0.540. The molecule has 1 saturated heterocycles. The molecule has 10 heteroatoms. The standard InChI is InChI=1S/C12H14ClF3N2O2S.ClH/c13-9-4-8(12(14,15)16)5-11(6-9)21(19,20)18-3-1-2-10(18)7-17;/h4-6,10H,1-3,7,17H2;1H. The molecule has 1 unspecified atom stereocenters. The van der Waals surface area contributed by atoms with Gasteiger partial charge in [-0.05, 0) is 31.0 Å². The average Bonchev–Trinajstić information content (AvgIpc) is 2.85. The first kappa shape index (κ1) is 19.5. The summed E-state index contributed by atoms with van der Waals surface area (Å²) in [6.45, 7) is 0.379. The largest absolute Gasteiger partial charge is 0.416 e. The Morgan fingerprint density at radius 1 is 1.32 bits per heavy atom. The third-order valence-corrected chi connectivity index (χ3v) is 5.55. The van der Waals surface area contributed by atoms with E-state index < -0.39 is 26.7 Å². The van der Waals surface area contributed by atoms with E-state index in [9.17, 15) is 21.6 Å². The minimum absolute atomic E-state index is 0. The van der Waals surface area contributed by atoms with Gasteiger partial charge >= 0.3 is 6.18 Å². The molecule has 2 N–H and O–H groups in total. The topological polar surface area (TPSA) is 63.4 Å². The van der Waals surface area contributed by atoms with Crippen LogP contribution in [-0.2, 0) is 16.2 Å². The van der Waals surface area contributed by atoms with Gasteiger partial charge in [0.2, 0.25) is 10.0 Å². The number of sulfonamides is 1. The summed E-state index contributed by atoms with van der Waals surface area (Å²) in [6, 6.07) is 1.94. The van der Waals surface area contributed by atoms with Crippen molar-refractivity contribution in [2.24, 2.45) is 5.73 Å². The molecule has 1 heterocycles. The first-order valence-electron chi connectivity index (χ1n) is 6.26. The van der Waals surface area contributed by atoms with Crippen LogP contribution < -0.4 is 5.73 Å². The minimum Gasteiger partial charge on any atom is -0.329 e. The highest BCUT2D eigenvalue weighted by atomic mass is 35.5. The fraction of sp³-hybridized carbons (Fsp3) is 0.500. The number of halogens is 5. The Morgan fingerprint density at radius 3 is 2.50 bits per heavy atom. The van der Waals surface area contributed by atoms with E-state index in [2.05, 4.69) is 0 Å². The molecular weight excluding hydrogens is 364 g/mol. The first-order valence-corrected chi connectivity index (χ1v) is 8.08. The molecule has 22 heavy (non-hydrogen) atoms. The Bertz CT molecular complexity index is 638. The van der Waals surface area contributed by atoms with E-state index in [1.807, 2.05) is 0 Å². The lowest BCUT2D eigenvalue weighted by Gasteiger charge is -2.23. The van der Waals surface area contributed by atoms with E-state index in [0.717, 1.165) is 10.4 Å². The Labute approximate surface area is 137 Å². The molecule has 1 aromatic carbocycles. The van der Waals surface area contributed by atoms with Crippen molar-refractivity contribution in [3.8, 4) is 0 Å². The van der Waals surface area contributed by atoms with Gasteiger partial charge in [0, 0.05) is 24.2 Å². The molecule has 0 spiro atoms. The van der Waals surface area contributed by atoms with E-state index in [1.54, 1.807) is 0 Å². The average molecular weight is 379 g/mol. The third kappa shape index (κ3) is 3.86. The van der Waals surface area contributed by atoms with E-state index in [0.29, 0.717) is 25.0 Å². The highest BCUT2D eigenvalue weighted by molar-refractivity contribution is 7.89. The zero-order chi connectivity index (χ0) is 15.8. The number of hydrogen-bond donors (Lipinski definition) is 1. The van der Waals surface area contributed by atoms with Crippen LogP contribution in [-0.4, -0.2) is 31.9 Å². The lowest BCUT2D eigenvalue weighted by Crippen LogP contribution is -2.39.